The molecule has 1 aromatic heterocycles. The number of nitrogens with zero attached hydrogens (tertiary/aromatic N) is 1. The lowest BCUT2D eigenvalue weighted by Gasteiger charge is -2.12. The molecule has 0 spiro atoms. The summed E-state index contributed by atoms with van der Waals surface area (Å²) in [5, 5.41) is 16.1. The molecule has 2 rings (SSSR count). The summed E-state index contributed by atoms with van der Waals surface area (Å²) in [7, 11) is 0. The number of nitrogens with one attached hydrogen (secondary N) is 1. The van der Waals surface area contributed by atoms with Gasteiger partial charge in [0.1, 0.15) is 11.3 Å². The van der Waals surface area contributed by atoms with Gasteiger partial charge in [0.25, 0.3) is 5.91 Å². The Morgan fingerprint density at radius 3 is 2.74 bits per heavy atom. The third-order valence-electron chi connectivity index (χ3n) is 2.77. The van der Waals surface area contributed by atoms with E-state index in [2.05, 4.69) is 10.5 Å². The number of carbonyl (C=O) groups is 1. The van der Waals surface area contributed by atoms with E-state index in [1.54, 1.807) is 31.2 Å². The maximum atomic E-state index is 11.8. The number of aliphatic hydroxyl groups is 1. The normalized spacial score (nSPS) is 12.1. The van der Waals surface area contributed by atoms with Crippen LogP contribution in [0.4, 0.5) is 5.69 Å². The largest absolute Gasteiger partial charge is 0.399 e. The Morgan fingerprint density at radius 1 is 1.47 bits per heavy atom. The fraction of sp³-hybridized carbons (Fsp3) is 0.231. The molecule has 0 aliphatic heterocycles. The van der Waals surface area contributed by atoms with Crippen LogP contribution >= 0.6 is 0 Å². The molecule has 1 aromatic carbocycles. The second-order valence-corrected chi connectivity index (χ2v) is 4.19. The number of anilines is 1. The predicted molar refractivity (Wildman–Crippen MR) is 69.4 cm³/mol. The Bertz CT molecular complexity index is 563. The van der Waals surface area contributed by atoms with Gasteiger partial charge in [-0.05, 0) is 24.6 Å². The second-order valence-electron chi connectivity index (χ2n) is 4.19. The lowest BCUT2D eigenvalue weighted by atomic mass is 10.1. The van der Waals surface area contributed by atoms with Gasteiger partial charge in [-0.3, -0.25) is 4.79 Å². The molecule has 1 atom stereocenters. The number of aryl methyl sites for hydroxylation is 1. The van der Waals surface area contributed by atoms with Gasteiger partial charge >= 0.3 is 0 Å². The Hall–Kier alpha value is -2.34. The maximum absolute atomic E-state index is 11.8. The zero-order chi connectivity index (χ0) is 13.8. The average molecular weight is 261 g/mol. The van der Waals surface area contributed by atoms with Gasteiger partial charge in [0, 0.05) is 12.2 Å². The van der Waals surface area contributed by atoms with Crippen molar-refractivity contribution < 1.29 is 14.4 Å². The second kappa shape index (κ2) is 5.53. The Labute approximate surface area is 110 Å². The fourth-order valence-electron chi connectivity index (χ4n) is 1.64. The summed E-state index contributed by atoms with van der Waals surface area (Å²) >= 11 is 0. The molecule has 6 nitrogen and oxygen atoms in total. The third-order valence-corrected chi connectivity index (χ3v) is 2.77. The molecule has 1 heterocycles. The van der Waals surface area contributed by atoms with Crippen LogP contribution in [0.15, 0.2) is 35.0 Å². The van der Waals surface area contributed by atoms with Crippen LogP contribution < -0.4 is 11.1 Å². The highest BCUT2D eigenvalue weighted by Gasteiger charge is 2.14. The molecule has 6 heteroatoms. The van der Waals surface area contributed by atoms with E-state index in [1.165, 1.54) is 6.20 Å². The van der Waals surface area contributed by atoms with E-state index >= 15 is 0 Å². The molecule has 0 saturated carbocycles. The molecular weight excluding hydrogens is 246 g/mol. The number of aliphatic hydroxyl groups excluding tert-OH is 1. The van der Waals surface area contributed by atoms with Crippen LogP contribution in [0.1, 0.15) is 27.8 Å². The highest BCUT2D eigenvalue weighted by molar-refractivity contribution is 5.94. The summed E-state index contributed by atoms with van der Waals surface area (Å²) in [4.78, 5) is 11.8. The van der Waals surface area contributed by atoms with Crippen LogP contribution in [-0.4, -0.2) is 22.7 Å². The van der Waals surface area contributed by atoms with Crippen molar-refractivity contribution in [2.45, 2.75) is 13.0 Å². The van der Waals surface area contributed by atoms with Crippen LogP contribution in [0, 0.1) is 6.92 Å². The standard InChI is InChI=1S/C13H15N3O3/c1-8-11(6-16-19-8)13(18)15-7-12(17)9-2-4-10(14)5-3-9/h2-6,12,17H,7,14H2,1H3,(H,15,18). The molecule has 0 saturated heterocycles. The van der Waals surface area contributed by atoms with Crippen molar-refractivity contribution in [2.75, 3.05) is 12.3 Å². The number of aromatic nitrogens is 1. The molecule has 0 radical (unpaired) electrons. The van der Waals surface area contributed by atoms with Gasteiger partial charge < -0.3 is 20.7 Å². The third kappa shape index (κ3) is 3.11. The highest BCUT2D eigenvalue weighted by atomic mass is 16.5. The Balaban J connectivity index is 1.94. The first-order chi connectivity index (χ1) is 9.08. The lowest BCUT2D eigenvalue weighted by Crippen LogP contribution is -2.28. The topological polar surface area (TPSA) is 101 Å². The van der Waals surface area contributed by atoms with Crippen LogP contribution in [0.3, 0.4) is 0 Å². The van der Waals surface area contributed by atoms with Crippen LogP contribution in [-0.2, 0) is 0 Å². The molecular formula is C13H15N3O3. The number of hydrogen-bond donors (Lipinski definition) is 3. The SMILES string of the molecule is Cc1oncc1C(=O)NCC(O)c1ccc(N)cc1. The number of hydrogen-bond acceptors (Lipinski definition) is 5. The molecule has 0 bridgehead atoms. The fourth-order valence-corrected chi connectivity index (χ4v) is 1.64. The molecule has 100 valence electrons. The zero-order valence-corrected chi connectivity index (χ0v) is 10.5. The number of nitrogen functional groups attached to an aromatic ring is 1. The van der Waals surface area contributed by atoms with Gasteiger partial charge in [-0.1, -0.05) is 17.3 Å². The van der Waals surface area contributed by atoms with Crippen molar-refractivity contribution in [3.05, 3.63) is 47.3 Å². The summed E-state index contributed by atoms with van der Waals surface area (Å²) in [5.41, 5.74) is 7.24. The van der Waals surface area contributed by atoms with E-state index in [0.29, 0.717) is 22.6 Å². The zero-order valence-electron chi connectivity index (χ0n) is 10.5. The quantitative estimate of drug-likeness (QED) is 0.713. The Morgan fingerprint density at radius 2 is 2.16 bits per heavy atom. The number of amides is 1. The number of carbonyl (C=O) groups excluding carboxylic acids is 1. The summed E-state index contributed by atoms with van der Waals surface area (Å²) in [6.45, 7) is 1.76. The van der Waals surface area contributed by atoms with E-state index in [1.807, 2.05) is 0 Å². The predicted octanol–water partition coefficient (Wildman–Crippen LogP) is 1.03. The van der Waals surface area contributed by atoms with Crippen molar-refractivity contribution >= 4 is 11.6 Å². The molecule has 4 N–H and O–H groups in total. The van der Waals surface area contributed by atoms with Crippen molar-refractivity contribution in [2.24, 2.45) is 0 Å². The number of rotatable bonds is 4. The summed E-state index contributed by atoms with van der Waals surface area (Å²) in [5.74, 6) is 0.118. The monoisotopic (exact) mass is 261 g/mol. The smallest absolute Gasteiger partial charge is 0.256 e. The first-order valence-electron chi connectivity index (χ1n) is 5.81. The number of nitrogens with two attached hydrogens (primary N) is 1. The van der Waals surface area contributed by atoms with E-state index < -0.39 is 6.10 Å². The van der Waals surface area contributed by atoms with Crippen molar-refractivity contribution in [3.63, 3.8) is 0 Å². The van der Waals surface area contributed by atoms with Gasteiger partial charge in [-0.25, -0.2) is 0 Å². The first kappa shape index (κ1) is 13.1. The minimum atomic E-state index is -0.787. The van der Waals surface area contributed by atoms with Gasteiger partial charge in [0.05, 0.1) is 12.3 Å². The minimum absolute atomic E-state index is 0.105. The average Bonchev–Trinajstić information content (AvgIpc) is 2.83. The van der Waals surface area contributed by atoms with Crippen molar-refractivity contribution in [1.82, 2.24) is 10.5 Å². The molecule has 19 heavy (non-hydrogen) atoms. The lowest BCUT2D eigenvalue weighted by molar-refractivity contribution is 0.0915. The van der Waals surface area contributed by atoms with Crippen molar-refractivity contribution in [3.8, 4) is 0 Å². The molecule has 0 fully saturated rings. The van der Waals surface area contributed by atoms with Gasteiger partial charge in [-0.2, -0.15) is 0 Å². The van der Waals surface area contributed by atoms with Gasteiger partial charge in [-0.15, -0.1) is 0 Å². The van der Waals surface area contributed by atoms with Crippen molar-refractivity contribution in [1.29, 1.82) is 0 Å². The highest BCUT2D eigenvalue weighted by Crippen LogP contribution is 2.14. The van der Waals surface area contributed by atoms with Gasteiger partial charge in [0.15, 0.2) is 0 Å². The van der Waals surface area contributed by atoms with E-state index in [9.17, 15) is 9.90 Å². The molecule has 0 aliphatic carbocycles. The Kier molecular flexibility index (Phi) is 3.82. The minimum Gasteiger partial charge on any atom is -0.399 e. The molecule has 2 aromatic rings. The van der Waals surface area contributed by atoms with Gasteiger partial charge in [0.2, 0.25) is 0 Å². The number of benzene rings is 1. The summed E-state index contributed by atoms with van der Waals surface area (Å²) in [6, 6.07) is 6.84. The molecule has 0 aliphatic rings. The van der Waals surface area contributed by atoms with E-state index in [4.69, 9.17) is 10.3 Å². The van der Waals surface area contributed by atoms with Crippen LogP contribution in [0.2, 0.25) is 0 Å². The summed E-state index contributed by atoms with van der Waals surface area (Å²) < 4.78 is 4.80. The van der Waals surface area contributed by atoms with E-state index in [0.717, 1.165) is 0 Å². The maximum Gasteiger partial charge on any atom is 0.256 e. The molecule has 1 unspecified atom stereocenters. The summed E-state index contributed by atoms with van der Waals surface area (Å²) in [6.07, 6.45) is 0.560. The van der Waals surface area contributed by atoms with Crippen LogP contribution in [0.25, 0.3) is 0 Å². The first-order valence-corrected chi connectivity index (χ1v) is 5.81. The molecule has 1 amide bonds. The van der Waals surface area contributed by atoms with Crippen LogP contribution in [0.5, 0.6) is 0 Å². The van der Waals surface area contributed by atoms with E-state index in [-0.39, 0.29) is 12.5 Å².